The number of aliphatic hydroxyl groups excluding tert-OH is 1. The van der Waals surface area contributed by atoms with Crippen molar-refractivity contribution in [2.45, 2.75) is 61.8 Å². The molecule has 3 amide bonds. The summed E-state index contributed by atoms with van der Waals surface area (Å²) in [5.41, 5.74) is 0.410. The molecule has 2 aromatic rings. The first-order chi connectivity index (χ1) is 21.2. The Morgan fingerprint density at radius 3 is 2.30 bits per heavy atom. The van der Waals surface area contributed by atoms with Gasteiger partial charge in [0, 0.05) is 30.1 Å². The SMILES string of the molecule is C=CCN(Cc1ccccc1)C(=O)C1N([C@@H](CO)CC(C)C)C(=O)[C@@H]2[C@@H](C(=O)N(CC=C)c3ccccc3)[C@@H]3OC12CC3Br. The fourth-order valence-corrected chi connectivity index (χ4v) is 8.39. The summed E-state index contributed by atoms with van der Waals surface area (Å²) in [5.74, 6) is -2.36. The normalized spacial score (nSPS) is 27.7. The maximum absolute atomic E-state index is 14.8. The third kappa shape index (κ3) is 5.66. The zero-order valence-corrected chi connectivity index (χ0v) is 27.0. The first-order valence-corrected chi connectivity index (χ1v) is 16.3. The van der Waals surface area contributed by atoms with E-state index in [-0.39, 0.29) is 48.2 Å². The molecular weight excluding hydrogens is 622 g/mol. The lowest BCUT2D eigenvalue weighted by molar-refractivity contribution is -0.151. The summed E-state index contributed by atoms with van der Waals surface area (Å²) in [6, 6.07) is 17.4. The smallest absolute Gasteiger partial charge is 0.249 e. The van der Waals surface area contributed by atoms with Crippen LogP contribution < -0.4 is 4.90 Å². The summed E-state index contributed by atoms with van der Waals surface area (Å²) >= 11 is 3.78. The van der Waals surface area contributed by atoms with Crippen LogP contribution in [0.3, 0.4) is 0 Å². The second-order valence-electron chi connectivity index (χ2n) is 12.4. The van der Waals surface area contributed by atoms with Crippen molar-refractivity contribution >= 4 is 39.3 Å². The summed E-state index contributed by atoms with van der Waals surface area (Å²) in [6.07, 6.45) is 3.64. The van der Waals surface area contributed by atoms with Gasteiger partial charge in [0.15, 0.2) is 0 Å². The molecule has 1 N–H and O–H groups in total. The molecule has 5 rings (SSSR count). The van der Waals surface area contributed by atoms with Gasteiger partial charge in [-0.25, -0.2) is 0 Å². The van der Waals surface area contributed by atoms with E-state index in [0.29, 0.717) is 25.1 Å². The van der Waals surface area contributed by atoms with Crippen molar-refractivity contribution in [1.82, 2.24) is 9.80 Å². The molecule has 44 heavy (non-hydrogen) atoms. The Morgan fingerprint density at radius 1 is 1.07 bits per heavy atom. The molecule has 9 heteroatoms. The van der Waals surface area contributed by atoms with Gasteiger partial charge in [0.1, 0.15) is 11.6 Å². The number of carbonyl (C=O) groups excluding carboxylic acids is 3. The van der Waals surface area contributed by atoms with Crippen LogP contribution in [-0.2, 0) is 25.7 Å². The minimum atomic E-state index is -1.23. The number of likely N-dealkylation sites (tertiary alicyclic amines) is 1. The molecule has 0 aromatic heterocycles. The highest BCUT2D eigenvalue weighted by molar-refractivity contribution is 9.09. The topological polar surface area (TPSA) is 90.4 Å². The number of amides is 3. The van der Waals surface area contributed by atoms with Gasteiger partial charge in [0.05, 0.1) is 30.6 Å². The minimum absolute atomic E-state index is 0.155. The Kier molecular flexibility index (Phi) is 9.77. The quantitative estimate of drug-likeness (QED) is 0.250. The molecule has 8 nitrogen and oxygen atoms in total. The van der Waals surface area contributed by atoms with E-state index in [1.165, 1.54) is 0 Å². The molecule has 7 atom stereocenters. The van der Waals surface area contributed by atoms with E-state index >= 15 is 0 Å². The van der Waals surface area contributed by atoms with Gasteiger partial charge in [-0.15, -0.1) is 13.2 Å². The fraction of sp³-hybridized carbons (Fsp3) is 0.457. The van der Waals surface area contributed by atoms with Gasteiger partial charge in [-0.05, 0) is 36.5 Å². The molecule has 3 heterocycles. The first-order valence-electron chi connectivity index (χ1n) is 15.3. The van der Waals surface area contributed by atoms with Crippen molar-refractivity contribution in [3.05, 3.63) is 91.5 Å². The highest BCUT2D eigenvalue weighted by atomic mass is 79.9. The Balaban J connectivity index is 1.60. The molecule has 234 valence electrons. The van der Waals surface area contributed by atoms with Gasteiger partial charge >= 0.3 is 0 Å². The van der Waals surface area contributed by atoms with Gasteiger partial charge in [-0.3, -0.25) is 14.4 Å². The van der Waals surface area contributed by atoms with Crippen LogP contribution in [-0.4, -0.2) is 80.9 Å². The maximum Gasteiger partial charge on any atom is 0.249 e. The van der Waals surface area contributed by atoms with Crippen molar-refractivity contribution < 1.29 is 24.2 Å². The van der Waals surface area contributed by atoms with Crippen molar-refractivity contribution in [2.75, 3.05) is 24.6 Å². The number of rotatable bonds is 13. The van der Waals surface area contributed by atoms with Crippen LogP contribution in [0.25, 0.3) is 0 Å². The lowest BCUT2D eigenvalue weighted by Gasteiger charge is -2.40. The first kappa shape index (κ1) is 32.1. The Labute approximate surface area is 268 Å². The monoisotopic (exact) mass is 663 g/mol. The van der Waals surface area contributed by atoms with Crippen molar-refractivity contribution in [3.8, 4) is 0 Å². The number of halogens is 1. The maximum atomic E-state index is 14.8. The Morgan fingerprint density at radius 2 is 1.70 bits per heavy atom. The zero-order chi connectivity index (χ0) is 31.6. The summed E-state index contributed by atoms with van der Waals surface area (Å²) in [6.45, 7) is 12.3. The van der Waals surface area contributed by atoms with Gasteiger partial charge in [0.25, 0.3) is 0 Å². The second kappa shape index (κ2) is 13.4. The predicted octanol–water partition coefficient (Wildman–Crippen LogP) is 4.58. The van der Waals surface area contributed by atoms with Crippen LogP contribution in [0.5, 0.6) is 0 Å². The predicted molar refractivity (Wildman–Crippen MR) is 174 cm³/mol. The van der Waals surface area contributed by atoms with E-state index in [1.807, 2.05) is 74.5 Å². The highest BCUT2D eigenvalue weighted by Gasteiger charge is 2.77. The second-order valence-corrected chi connectivity index (χ2v) is 13.6. The number of anilines is 1. The number of para-hydroxylation sites is 1. The molecule has 3 aliphatic rings. The zero-order valence-electron chi connectivity index (χ0n) is 25.4. The molecular formula is C35H42BrN3O5. The standard InChI is InChI=1S/C35H42BrN3O5/c1-5-17-37(21-24-13-9-7-10-14-24)34(43)31-35-20-27(36)30(44-35)28(29(35)33(42)39(31)26(22-40)19-23(3)4)32(41)38(18-6-2)25-15-11-8-12-16-25/h5-16,23,26-31,40H,1-2,17-22H2,3-4H3/t26-,27?,28-,29+,30-,31?,35?/m1/s1. The molecule has 3 saturated heterocycles. The summed E-state index contributed by atoms with van der Waals surface area (Å²) < 4.78 is 6.77. The van der Waals surface area contributed by atoms with Crippen LogP contribution >= 0.6 is 15.9 Å². The van der Waals surface area contributed by atoms with Crippen LogP contribution in [0, 0.1) is 17.8 Å². The van der Waals surface area contributed by atoms with Crippen molar-refractivity contribution in [3.63, 3.8) is 0 Å². The van der Waals surface area contributed by atoms with Gasteiger partial charge < -0.3 is 24.5 Å². The van der Waals surface area contributed by atoms with E-state index in [2.05, 4.69) is 29.1 Å². The fourth-order valence-electron chi connectivity index (χ4n) is 7.45. The van der Waals surface area contributed by atoms with E-state index in [4.69, 9.17) is 4.74 Å². The number of carbonyl (C=O) groups is 3. The third-order valence-electron chi connectivity index (χ3n) is 9.12. The molecule has 1 spiro atoms. The number of alkyl halides is 1. The lowest BCUT2D eigenvalue weighted by Crippen LogP contribution is -2.59. The molecule has 2 bridgehead atoms. The van der Waals surface area contributed by atoms with E-state index < -0.39 is 35.6 Å². The van der Waals surface area contributed by atoms with Crippen LogP contribution in [0.2, 0.25) is 0 Å². The highest BCUT2D eigenvalue weighted by Crippen LogP contribution is 2.61. The number of aliphatic hydroxyl groups is 1. The summed E-state index contributed by atoms with van der Waals surface area (Å²) in [5, 5.41) is 10.6. The third-order valence-corrected chi connectivity index (χ3v) is 9.96. The lowest BCUT2D eigenvalue weighted by atomic mass is 9.70. The Hall–Kier alpha value is -3.27. The van der Waals surface area contributed by atoms with E-state index in [9.17, 15) is 19.5 Å². The molecule has 0 aliphatic carbocycles. The number of hydrogen-bond donors (Lipinski definition) is 1. The molecule has 3 unspecified atom stereocenters. The number of hydrogen-bond acceptors (Lipinski definition) is 5. The van der Waals surface area contributed by atoms with Crippen molar-refractivity contribution in [2.24, 2.45) is 17.8 Å². The number of fused-ring (bicyclic) bond motifs is 1. The number of nitrogens with zero attached hydrogens (tertiary/aromatic N) is 3. The van der Waals surface area contributed by atoms with Gasteiger partial charge in [-0.2, -0.15) is 0 Å². The van der Waals surface area contributed by atoms with Crippen molar-refractivity contribution in [1.29, 1.82) is 0 Å². The van der Waals surface area contributed by atoms with Gasteiger partial charge in [-0.1, -0.05) is 90.5 Å². The van der Waals surface area contributed by atoms with Crippen LogP contribution in [0.15, 0.2) is 86.0 Å². The molecule has 0 saturated carbocycles. The van der Waals surface area contributed by atoms with E-state index in [0.717, 1.165) is 5.56 Å². The minimum Gasteiger partial charge on any atom is -0.394 e. The Bertz CT molecular complexity index is 1370. The molecule has 2 aromatic carbocycles. The number of benzene rings is 2. The average Bonchev–Trinajstić information content (AvgIpc) is 3.62. The summed E-state index contributed by atoms with van der Waals surface area (Å²) in [7, 11) is 0. The van der Waals surface area contributed by atoms with E-state index in [1.54, 1.807) is 26.9 Å². The molecule has 3 aliphatic heterocycles. The largest absolute Gasteiger partial charge is 0.394 e. The van der Waals surface area contributed by atoms with Crippen LogP contribution in [0.1, 0.15) is 32.3 Å². The molecule has 0 radical (unpaired) electrons. The van der Waals surface area contributed by atoms with Crippen LogP contribution in [0.4, 0.5) is 5.69 Å². The summed E-state index contributed by atoms with van der Waals surface area (Å²) in [4.78, 5) is 48.6. The van der Waals surface area contributed by atoms with Gasteiger partial charge in [0.2, 0.25) is 17.7 Å². The molecule has 3 fully saturated rings. The number of ether oxygens (including phenoxy) is 1. The average molecular weight is 665 g/mol.